The monoisotopic (exact) mass is 469 g/mol. The van der Waals surface area contributed by atoms with Gasteiger partial charge in [-0.1, -0.05) is 36.4 Å². The number of rotatable bonds is 6. The molecule has 170 valence electrons. The van der Waals surface area contributed by atoms with Crippen molar-refractivity contribution < 1.29 is 9.53 Å². The van der Waals surface area contributed by atoms with Gasteiger partial charge in [0.05, 0.1) is 17.8 Å². The minimum atomic E-state index is -0.303. The Morgan fingerprint density at radius 3 is 2.59 bits per heavy atom. The van der Waals surface area contributed by atoms with Crippen LogP contribution in [0.4, 0.5) is 5.69 Å². The number of amides is 1. The fourth-order valence-corrected chi connectivity index (χ4v) is 4.80. The molecule has 0 spiro atoms. The zero-order valence-electron chi connectivity index (χ0n) is 18.8. The lowest BCUT2D eigenvalue weighted by molar-refractivity contribution is -0.116. The number of hydrogen-bond acceptors (Lipinski definition) is 5. The maximum absolute atomic E-state index is 13.3. The number of nitrogens with zero attached hydrogens (tertiary/aromatic N) is 2. The highest BCUT2D eigenvalue weighted by atomic mass is 32.1. The molecule has 34 heavy (non-hydrogen) atoms. The molecule has 3 aromatic carbocycles. The van der Waals surface area contributed by atoms with Gasteiger partial charge in [0, 0.05) is 16.6 Å². The van der Waals surface area contributed by atoms with Gasteiger partial charge in [0.25, 0.3) is 5.56 Å². The van der Waals surface area contributed by atoms with E-state index in [-0.39, 0.29) is 24.1 Å². The molecule has 0 radical (unpaired) electrons. The van der Waals surface area contributed by atoms with Gasteiger partial charge in [0.15, 0.2) is 0 Å². The average molecular weight is 470 g/mol. The van der Waals surface area contributed by atoms with E-state index in [9.17, 15) is 9.59 Å². The Kier molecular flexibility index (Phi) is 5.86. The summed E-state index contributed by atoms with van der Waals surface area (Å²) in [6.07, 6.45) is 1.51. The van der Waals surface area contributed by atoms with Crippen LogP contribution in [0.15, 0.2) is 83.2 Å². The molecule has 0 aliphatic carbocycles. The first kappa shape index (κ1) is 21.9. The summed E-state index contributed by atoms with van der Waals surface area (Å²) in [7, 11) is 0. The molecule has 2 aromatic heterocycles. The van der Waals surface area contributed by atoms with Crippen LogP contribution in [0.5, 0.6) is 5.75 Å². The molecule has 0 fully saturated rings. The third-order valence-corrected chi connectivity index (χ3v) is 6.33. The largest absolute Gasteiger partial charge is 0.491 e. The van der Waals surface area contributed by atoms with Crippen LogP contribution in [0.1, 0.15) is 13.8 Å². The zero-order valence-corrected chi connectivity index (χ0v) is 19.6. The Bertz CT molecular complexity index is 1550. The van der Waals surface area contributed by atoms with Crippen molar-refractivity contribution in [3.8, 4) is 16.9 Å². The average Bonchev–Trinajstić information content (AvgIpc) is 3.26. The smallest absolute Gasteiger partial charge is 0.263 e. The number of fused-ring (bicyclic) bond motifs is 2. The first-order valence-corrected chi connectivity index (χ1v) is 11.9. The number of nitrogens with one attached hydrogen (secondary N) is 1. The summed E-state index contributed by atoms with van der Waals surface area (Å²) < 4.78 is 6.98. The minimum Gasteiger partial charge on any atom is -0.491 e. The van der Waals surface area contributed by atoms with E-state index in [0.29, 0.717) is 15.9 Å². The SMILES string of the molecule is CC(C)Oc1ccc(NC(=O)Cn2cnc3scc(-c4ccc5ccccc5c4)c3c2=O)cc1. The van der Waals surface area contributed by atoms with Crippen molar-refractivity contribution in [1.29, 1.82) is 0 Å². The van der Waals surface area contributed by atoms with Crippen molar-refractivity contribution in [3.63, 3.8) is 0 Å². The Morgan fingerprint density at radius 2 is 1.82 bits per heavy atom. The van der Waals surface area contributed by atoms with Crippen molar-refractivity contribution >= 4 is 43.9 Å². The van der Waals surface area contributed by atoms with Gasteiger partial charge < -0.3 is 10.1 Å². The molecular formula is C27H23N3O3S. The molecule has 0 atom stereocenters. The highest BCUT2D eigenvalue weighted by Gasteiger charge is 2.15. The van der Waals surface area contributed by atoms with Crippen LogP contribution >= 0.6 is 11.3 Å². The maximum atomic E-state index is 13.3. The molecule has 1 N–H and O–H groups in total. The maximum Gasteiger partial charge on any atom is 0.263 e. The molecule has 0 saturated heterocycles. The highest BCUT2D eigenvalue weighted by molar-refractivity contribution is 7.17. The summed E-state index contributed by atoms with van der Waals surface area (Å²) in [6.45, 7) is 3.79. The molecule has 0 bridgehead atoms. The van der Waals surface area contributed by atoms with Crippen LogP contribution in [-0.4, -0.2) is 21.6 Å². The van der Waals surface area contributed by atoms with Gasteiger partial charge in [-0.05, 0) is 60.5 Å². The number of carbonyl (C=O) groups excluding carboxylic acids is 1. The van der Waals surface area contributed by atoms with Gasteiger partial charge in [0.2, 0.25) is 5.91 Å². The molecule has 0 unspecified atom stereocenters. The van der Waals surface area contributed by atoms with E-state index in [1.54, 1.807) is 24.3 Å². The molecule has 0 aliphatic rings. The number of carbonyl (C=O) groups is 1. The lowest BCUT2D eigenvalue weighted by atomic mass is 10.0. The van der Waals surface area contributed by atoms with E-state index >= 15 is 0 Å². The van der Waals surface area contributed by atoms with Gasteiger partial charge in [-0.15, -0.1) is 11.3 Å². The second-order valence-electron chi connectivity index (χ2n) is 8.31. The molecule has 0 saturated carbocycles. The first-order chi connectivity index (χ1) is 16.5. The summed E-state index contributed by atoms with van der Waals surface area (Å²) in [4.78, 5) is 31.1. The third kappa shape index (κ3) is 4.43. The molecule has 7 heteroatoms. The predicted molar refractivity (Wildman–Crippen MR) is 138 cm³/mol. The van der Waals surface area contributed by atoms with Crippen LogP contribution in [-0.2, 0) is 11.3 Å². The standard InChI is InChI=1S/C27H23N3O3S/c1-17(2)33-22-11-9-21(10-12-22)29-24(31)14-30-16-28-26-25(27(30)32)23(15-34-26)20-8-7-18-5-3-4-6-19(18)13-20/h3-13,15-17H,14H2,1-2H3,(H,29,31). The van der Waals surface area contributed by atoms with E-state index in [4.69, 9.17) is 4.74 Å². The van der Waals surface area contributed by atoms with Crippen LogP contribution in [0.25, 0.3) is 32.1 Å². The summed E-state index contributed by atoms with van der Waals surface area (Å²) in [5.74, 6) is 0.431. The molecule has 5 aromatic rings. The third-order valence-electron chi connectivity index (χ3n) is 5.44. The molecule has 0 aliphatic heterocycles. The first-order valence-electron chi connectivity index (χ1n) is 11.0. The topological polar surface area (TPSA) is 73.2 Å². The molecular weight excluding hydrogens is 446 g/mol. The fourth-order valence-electron chi connectivity index (χ4n) is 3.89. The fraction of sp³-hybridized carbons (Fsp3) is 0.148. The number of hydrogen-bond donors (Lipinski definition) is 1. The van der Waals surface area contributed by atoms with Crippen molar-refractivity contribution in [1.82, 2.24) is 9.55 Å². The second-order valence-corrected chi connectivity index (χ2v) is 9.17. The molecule has 6 nitrogen and oxygen atoms in total. The zero-order chi connectivity index (χ0) is 23.7. The van der Waals surface area contributed by atoms with Gasteiger partial charge in [0.1, 0.15) is 17.1 Å². The normalized spacial score (nSPS) is 11.3. The van der Waals surface area contributed by atoms with Crippen LogP contribution in [0.2, 0.25) is 0 Å². The Labute approximate surface area is 200 Å². The van der Waals surface area contributed by atoms with Crippen LogP contribution < -0.4 is 15.6 Å². The molecule has 2 heterocycles. The van der Waals surface area contributed by atoms with Gasteiger partial charge in [-0.3, -0.25) is 14.2 Å². The Morgan fingerprint density at radius 1 is 1.06 bits per heavy atom. The summed E-state index contributed by atoms with van der Waals surface area (Å²) in [5, 5.41) is 7.56. The summed E-state index contributed by atoms with van der Waals surface area (Å²) in [5.41, 5.74) is 2.19. The van der Waals surface area contributed by atoms with Crippen molar-refractivity contribution in [3.05, 3.63) is 88.8 Å². The lowest BCUT2D eigenvalue weighted by Crippen LogP contribution is -2.27. The Hall–Kier alpha value is -3.97. The number of anilines is 1. The van der Waals surface area contributed by atoms with Crippen molar-refractivity contribution in [2.75, 3.05) is 5.32 Å². The number of ether oxygens (including phenoxy) is 1. The van der Waals surface area contributed by atoms with E-state index in [2.05, 4.69) is 28.5 Å². The summed E-state index contributed by atoms with van der Waals surface area (Å²) >= 11 is 1.43. The van der Waals surface area contributed by atoms with Gasteiger partial charge in [-0.2, -0.15) is 0 Å². The number of benzene rings is 3. The van der Waals surface area contributed by atoms with Gasteiger partial charge in [-0.25, -0.2) is 4.98 Å². The quantitative estimate of drug-likeness (QED) is 0.346. The second kappa shape index (κ2) is 9.11. The van der Waals surface area contributed by atoms with Crippen molar-refractivity contribution in [2.24, 2.45) is 0 Å². The Balaban J connectivity index is 1.40. The number of thiophene rings is 1. The van der Waals surface area contributed by atoms with E-state index < -0.39 is 0 Å². The number of aromatic nitrogens is 2. The van der Waals surface area contributed by atoms with Crippen LogP contribution in [0.3, 0.4) is 0 Å². The minimum absolute atomic E-state index is 0.0753. The highest BCUT2D eigenvalue weighted by Crippen LogP contribution is 2.32. The molecule has 5 rings (SSSR count). The predicted octanol–water partition coefficient (Wildman–Crippen LogP) is 5.70. The van der Waals surface area contributed by atoms with Crippen LogP contribution in [0, 0.1) is 0 Å². The lowest BCUT2D eigenvalue weighted by Gasteiger charge is -2.11. The van der Waals surface area contributed by atoms with E-state index in [0.717, 1.165) is 27.6 Å². The van der Waals surface area contributed by atoms with Crippen molar-refractivity contribution in [2.45, 2.75) is 26.5 Å². The van der Waals surface area contributed by atoms with Gasteiger partial charge >= 0.3 is 0 Å². The van der Waals surface area contributed by atoms with E-state index in [1.807, 2.05) is 43.5 Å². The van der Waals surface area contributed by atoms with E-state index in [1.165, 1.54) is 22.2 Å². The summed E-state index contributed by atoms with van der Waals surface area (Å²) in [6, 6.07) is 21.4. The molecule has 1 amide bonds.